The van der Waals surface area contributed by atoms with Crippen LogP contribution in [-0.2, 0) is 11.2 Å². The van der Waals surface area contributed by atoms with E-state index in [4.69, 9.17) is 0 Å². The summed E-state index contributed by atoms with van der Waals surface area (Å²) in [5, 5.41) is 3.14. The molecule has 112 valence electrons. The van der Waals surface area contributed by atoms with Gasteiger partial charge in [0.15, 0.2) is 0 Å². The molecule has 1 amide bonds. The van der Waals surface area contributed by atoms with Gasteiger partial charge in [0.2, 0.25) is 5.91 Å². The predicted octanol–water partition coefficient (Wildman–Crippen LogP) is 2.11. The summed E-state index contributed by atoms with van der Waals surface area (Å²) >= 11 is 0. The van der Waals surface area contributed by atoms with Crippen LogP contribution in [0.1, 0.15) is 31.9 Å². The lowest BCUT2D eigenvalue weighted by atomic mass is 10.0. The lowest BCUT2D eigenvalue weighted by Gasteiger charge is -2.21. The number of carbonyl (C=O) groups excluding carboxylic acids is 1. The van der Waals surface area contributed by atoms with Gasteiger partial charge in [-0.2, -0.15) is 0 Å². The average molecular weight is 277 g/mol. The van der Waals surface area contributed by atoms with Gasteiger partial charge < -0.3 is 10.2 Å². The van der Waals surface area contributed by atoms with Crippen LogP contribution < -0.4 is 5.32 Å². The largest absolute Gasteiger partial charge is 0.346 e. The van der Waals surface area contributed by atoms with Gasteiger partial charge in [-0.15, -0.1) is 0 Å². The van der Waals surface area contributed by atoms with Crippen molar-refractivity contribution >= 4 is 5.91 Å². The molecule has 1 aromatic heterocycles. The zero-order chi connectivity index (χ0) is 14.8. The Bertz CT molecular complexity index is 381. The number of hydrogen-bond donors (Lipinski definition) is 1. The van der Waals surface area contributed by atoms with E-state index in [-0.39, 0.29) is 11.8 Å². The molecule has 0 fully saturated rings. The molecule has 0 saturated carbocycles. The van der Waals surface area contributed by atoms with E-state index in [1.54, 1.807) is 6.20 Å². The standard InChI is InChI=1S/C16H27N3O/c1-14(13-15-9-5-7-11-18-15)16(20)19(3)12-8-4-6-10-17-2/h5,7,9,11,14,17H,4,6,8,10,12-13H2,1-3H3/t14-/m1/s1. The highest BCUT2D eigenvalue weighted by Crippen LogP contribution is 2.09. The number of nitrogens with one attached hydrogen (secondary N) is 1. The molecule has 4 nitrogen and oxygen atoms in total. The average Bonchev–Trinajstić information content (AvgIpc) is 2.47. The van der Waals surface area contributed by atoms with E-state index in [0.29, 0.717) is 6.42 Å². The molecule has 1 heterocycles. The number of nitrogens with zero attached hydrogens (tertiary/aromatic N) is 2. The third kappa shape index (κ3) is 6.15. The van der Waals surface area contributed by atoms with E-state index in [2.05, 4.69) is 10.3 Å². The molecule has 1 rings (SSSR count). The molecule has 0 aliphatic heterocycles. The van der Waals surface area contributed by atoms with Crippen molar-refractivity contribution < 1.29 is 4.79 Å². The van der Waals surface area contributed by atoms with Crippen LogP contribution in [0.3, 0.4) is 0 Å². The van der Waals surface area contributed by atoms with Crippen molar-refractivity contribution in [3.05, 3.63) is 30.1 Å². The van der Waals surface area contributed by atoms with Gasteiger partial charge in [-0.1, -0.05) is 19.4 Å². The van der Waals surface area contributed by atoms with E-state index in [1.807, 2.05) is 44.1 Å². The van der Waals surface area contributed by atoms with Crippen molar-refractivity contribution in [1.82, 2.24) is 15.2 Å². The topological polar surface area (TPSA) is 45.2 Å². The maximum Gasteiger partial charge on any atom is 0.225 e. The molecule has 0 radical (unpaired) electrons. The second-order valence-electron chi connectivity index (χ2n) is 5.35. The van der Waals surface area contributed by atoms with Gasteiger partial charge in [-0.3, -0.25) is 9.78 Å². The fourth-order valence-corrected chi connectivity index (χ4v) is 2.23. The molecule has 0 bridgehead atoms. The number of unbranched alkanes of at least 4 members (excludes halogenated alkanes) is 2. The first-order valence-electron chi connectivity index (χ1n) is 7.44. The molecule has 0 aromatic carbocycles. The Morgan fingerprint density at radius 1 is 1.35 bits per heavy atom. The zero-order valence-electron chi connectivity index (χ0n) is 12.9. The highest BCUT2D eigenvalue weighted by molar-refractivity contribution is 5.78. The summed E-state index contributed by atoms with van der Waals surface area (Å²) in [5.41, 5.74) is 0.982. The van der Waals surface area contributed by atoms with Gasteiger partial charge in [0.25, 0.3) is 0 Å². The molecule has 1 atom stereocenters. The Kier molecular flexibility index (Phi) is 7.88. The Hall–Kier alpha value is -1.42. The van der Waals surface area contributed by atoms with Crippen molar-refractivity contribution in [2.75, 3.05) is 27.2 Å². The van der Waals surface area contributed by atoms with Crippen LogP contribution >= 0.6 is 0 Å². The number of amides is 1. The van der Waals surface area contributed by atoms with Gasteiger partial charge >= 0.3 is 0 Å². The lowest BCUT2D eigenvalue weighted by Crippen LogP contribution is -2.33. The molecule has 0 spiro atoms. The molecule has 0 saturated heterocycles. The van der Waals surface area contributed by atoms with Crippen LogP contribution in [0.4, 0.5) is 0 Å². The smallest absolute Gasteiger partial charge is 0.225 e. The fraction of sp³-hybridized carbons (Fsp3) is 0.625. The summed E-state index contributed by atoms with van der Waals surface area (Å²) in [7, 11) is 3.87. The van der Waals surface area contributed by atoms with Gasteiger partial charge in [-0.05, 0) is 38.6 Å². The number of rotatable bonds is 9. The van der Waals surface area contributed by atoms with Crippen LogP contribution in [0.2, 0.25) is 0 Å². The van der Waals surface area contributed by atoms with E-state index in [9.17, 15) is 4.79 Å². The summed E-state index contributed by atoms with van der Waals surface area (Å²) in [4.78, 5) is 18.4. The highest BCUT2D eigenvalue weighted by Gasteiger charge is 2.17. The van der Waals surface area contributed by atoms with E-state index in [1.165, 1.54) is 6.42 Å². The summed E-state index contributed by atoms with van der Waals surface area (Å²) in [6, 6.07) is 5.83. The summed E-state index contributed by atoms with van der Waals surface area (Å²) < 4.78 is 0. The maximum atomic E-state index is 12.3. The van der Waals surface area contributed by atoms with Crippen LogP contribution in [-0.4, -0.2) is 43.0 Å². The van der Waals surface area contributed by atoms with Crippen LogP contribution in [0.5, 0.6) is 0 Å². The lowest BCUT2D eigenvalue weighted by molar-refractivity contribution is -0.133. The maximum absolute atomic E-state index is 12.3. The Morgan fingerprint density at radius 2 is 2.15 bits per heavy atom. The third-order valence-corrected chi connectivity index (χ3v) is 3.46. The molecule has 20 heavy (non-hydrogen) atoms. The van der Waals surface area contributed by atoms with Gasteiger partial charge in [0.1, 0.15) is 0 Å². The zero-order valence-corrected chi connectivity index (χ0v) is 12.9. The van der Waals surface area contributed by atoms with Gasteiger partial charge in [0.05, 0.1) is 0 Å². The second kappa shape index (κ2) is 9.48. The van der Waals surface area contributed by atoms with Crippen molar-refractivity contribution in [1.29, 1.82) is 0 Å². The first-order chi connectivity index (χ1) is 9.65. The fourth-order valence-electron chi connectivity index (χ4n) is 2.23. The van der Waals surface area contributed by atoms with Crippen LogP contribution in [0.15, 0.2) is 24.4 Å². The monoisotopic (exact) mass is 277 g/mol. The minimum absolute atomic E-state index is 0.00721. The van der Waals surface area contributed by atoms with Gasteiger partial charge in [0, 0.05) is 37.8 Å². The van der Waals surface area contributed by atoms with Crippen LogP contribution in [0.25, 0.3) is 0 Å². The van der Waals surface area contributed by atoms with Crippen molar-refractivity contribution in [2.24, 2.45) is 5.92 Å². The molecule has 0 unspecified atom stereocenters. The van der Waals surface area contributed by atoms with Crippen molar-refractivity contribution in [2.45, 2.75) is 32.6 Å². The SMILES string of the molecule is CNCCCCCN(C)C(=O)[C@H](C)Cc1ccccn1. The molecule has 4 heteroatoms. The van der Waals surface area contributed by atoms with E-state index >= 15 is 0 Å². The van der Waals surface area contributed by atoms with Gasteiger partial charge in [-0.25, -0.2) is 0 Å². The van der Waals surface area contributed by atoms with E-state index in [0.717, 1.165) is 31.6 Å². The Morgan fingerprint density at radius 3 is 2.80 bits per heavy atom. The minimum atomic E-state index is -0.00721. The Labute approximate surface area is 122 Å². The summed E-state index contributed by atoms with van der Waals surface area (Å²) in [6.45, 7) is 3.87. The molecule has 0 aliphatic rings. The number of pyridine rings is 1. The van der Waals surface area contributed by atoms with E-state index < -0.39 is 0 Å². The first kappa shape index (κ1) is 16.6. The van der Waals surface area contributed by atoms with Crippen LogP contribution in [0, 0.1) is 5.92 Å². The quantitative estimate of drug-likeness (QED) is 0.703. The van der Waals surface area contributed by atoms with Crippen molar-refractivity contribution in [3.8, 4) is 0 Å². The molecule has 0 aliphatic carbocycles. The molecule has 1 aromatic rings. The molecular weight excluding hydrogens is 250 g/mol. The molecular formula is C16H27N3O. The third-order valence-electron chi connectivity index (χ3n) is 3.46. The first-order valence-corrected chi connectivity index (χ1v) is 7.44. The molecule has 1 N–H and O–H groups in total. The second-order valence-corrected chi connectivity index (χ2v) is 5.35. The summed E-state index contributed by atoms with van der Waals surface area (Å²) in [6.07, 6.45) is 5.89. The minimum Gasteiger partial charge on any atom is -0.346 e. The number of hydrogen-bond acceptors (Lipinski definition) is 3. The summed E-state index contributed by atoms with van der Waals surface area (Å²) in [5.74, 6) is 0.205. The number of aromatic nitrogens is 1. The number of carbonyl (C=O) groups is 1. The normalized spacial score (nSPS) is 12.2. The van der Waals surface area contributed by atoms with Crippen molar-refractivity contribution in [3.63, 3.8) is 0 Å². The Balaban J connectivity index is 2.29. The predicted molar refractivity (Wildman–Crippen MR) is 82.5 cm³/mol. The highest BCUT2D eigenvalue weighted by atomic mass is 16.2.